The zero-order valence-electron chi connectivity index (χ0n) is 16.3. The van der Waals surface area contributed by atoms with Gasteiger partial charge in [0.1, 0.15) is 23.5 Å². The van der Waals surface area contributed by atoms with E-state index in [1.807, 2.05) is 12.1 Å². The molecule has 6 nitrogen and oxygen atoms in total. The van der Waals surface area contributed by atoms with Crippen LogP contribution in [-0.2, 0) is 0 Å². The average molecular weight is 375 g/mol. The highest BCUT2D eigenvalue weighted by Gasteiger charge is 2.40. The van der Waals surface area contributed by atoms with Gasteiger partial charge in [-0.25, -0.2) is 15.0 Å². The lowest BCUT2D eigenvalue weighted by atomic mass is 9.98. The van der Waals surface area contributed by atoms with Crippen LogP contribution in [0.3, 0.4) is 0 Å². The topological polar surface area (TPSA) is 53.9 Å². The Morgan fingerprint density at radius 3 is 2.93 bits per heavy atom. The summed E-state index contributed by atoms with van der Waals surface area (Å²) in [5, 5.41) is 0. The summed E-state index contributed by atoms with van der Waals surface area (Å²) in [4.78, 5) is 18.8. The van der Waals surface area contributed by atoms with Crippen LogP contribution in [0, 0.1) is 0 Å². The molecule has 4 heterocycles. The van der Waals surface area contributed by atoms with E-state index in [0.717, 1.165) is 66.7 Å². The van der Waals surface area contributed by atoms with Gasteiger partial charge in [-0.2, -0.15) is 0 Å². The number of rotatable bonds is 4. The van der Waals surface area contributed by atoms with E-state index in [1.165, 1.54) is 19.4 Å². The highest BCUT2D eigenvalue weighted by atomic mass is 16.5. The van der Waals surface area contributed by atoms with Gasteiger partial charge >= 0.3 is 0 Å². The summed E-state index contributed by atoms with van der Waals surface area (Å²) in [6, 6.07) is 8.95. The van der Waals surface area contributed by atoms with Crippen molar-refractivity contribution in [1.29, 1.82) is 0 Å². The Morgan fingerprint density at radius 1 is 1.11 bits per heavy atom. The van der Waals surface area contributed by atoms with Crippen LogP contribution in [-0.4, -0.2) is 58.4 Å². The van der Waals surface area contributed by atoms with E-state index in [1.54, 1.807) is 6.33 Å². The minimum Gasteiger partial charge on any atom is -0.488 e. The number of ether oxygens (including phenoxy) is 1. The summed E-state index contributed by atoms with van der Waals surface area (Å²) in [6.07, 6.45) is 6.57. The van der Waals surface area contributed by atoms with Crippen molar-refractivity contribution >= 4 is 17.2 Å². The maximum atomic E-state index is 6.13. The fourth-order valence-corrected chi connectivity index (χ4v) is 4.60. The third-order valence-electron chi connectivity index (χ3n) is 6.58. The fourth-order valence-electron chi connectivity index (χ4n) is 4.60. The molecule has 0 spiro atoms. The van der Waals surface area contributed by atoms with Crippen molar-refractivity contribution in [1.82, 2.24) is 14.9 Å². The smallest absolute Gasteiger partial charge is 0.132 e. The molecular formula is C22H25N5O. The molecule has 1 aliphatic carbocycles. The Kier molecular flexibility index (Phi) is 3.54. The zero-order chi connectivity index (χ0) is 18.7. The Morgan fingerprint density at radius 2 is 2.04 bits per heavy atom. The molecule has 4 aliphatic rings. The first kappa shape index (κ1) is 16.5. The van der Waals surface area contributed by atoms with Crippen LogP contribution in [0.4, 0.5) is 11.5 Å². The van der Waals surface area contributed by atoms with Crippen molar-refractivity contribution < 1.29 is 4.74 Å². The van der Waals surface area contributed by atoms with E-state index in [2.05, 4.69) is 38.8 Å². The van der Waals surface area contributed by atoms with E-state index < -0.39 is 0 Å². The van der Waals surface area contributed by atoms with Gasteiger partial charge in [-0.05, 0) is 57.4 Å². The summed E-state index contributed by atoms with van der Waals surface area (Å²) in [5.41, 5.74) is 4.03. The van der Waals surface area contributed by atoms with Crippen LogP contribution in [0.2, 0.25) is 0 Å². The SMILES string of the molecule is CC1(Oc2ccc3c(c2)C(c2cc(N4CCN5CCCC5C4)ncn2)=N3)CC1. The largest absolute Gasteiger partial charge is 0.488 e. The van der Waals surface area contributed by atoms with Gasteiger partial charge in [-0.15, -0.1) is 0 Å². The number of hydrogen-bond donors (Lipinski definition) is 0. The highest BCUT2D eigenvalue weighted by molar-refractivity contribution is 6.21. The van der Waals surface area contributed by atoms with Gasteiger partial charge < -0.3 is 9.64 Å². The molecule has 0 radical (unpaired) electrons. The van der Waals surface area contributed by atoms with Crippen LogP contribution < -0.4 is 9.64 Å². The molecule has 28 heavy (non-hydrogen) atoms. The van der Waals surface area contributed by atoms with Crippen LogP contribution in [0.1, 0.15) is 43.9 Å². The van der Waals surface area contributed by atoms with Crippen LogP contribution in [0.15, 0.2) is 35.6 Å². The van der Waals surface area contributed by atoms with Crippen molar-refractivity contribution in [2.24, 2.45) is 4.99 Å². The van der Waals surface area contributed by atoms with E-state index in [4.69, 9.17) is 9.73 Å². The summed E-state index contributed by atoms with van der Waals surface area (Å²) < 4.78 is 6.13. The van der Waals surface area contributed by atoms with Gasteiger partial charge in [0.05, 0.1) is 17.1 Å². The van der Waals surface area contributed by atoms with Gasteiger partial charge in [0.25, 0.3) is 0 Å². The maximum Gasteiger partial charge on any atom is 0.132 e. The molecule has 0 bridgehead atoms. The first-order chi connectivity index (χ1) is 13.7. The second kappa shape index (κ2) is 6.01. The molecule has 1 unspecified atom stereocenters. The number of nitrogens with zero attached hydrogens (tertiary/aromatic N) is 5. The molecule has 1 aromatic heterocycles. The lowest BCUT2D eigenvalue weighted by Gasteiger charge is -2.38. The fraction of sp³-hybridized carbons (Fsp3) is 0.500. The van der Waals surface area contributed by atoms with Crippen molar-refractivity contribution in [3.8, 4) is 5.75 Å². The van der Waals surface area contributed by atoms with Crippen LogP contribution in [0.5, 0.6) is 5.75 Å². The molecular weight excluding hydrogens is 350 g/mol. The van der Waals surface area contributed by atoms with Crippen molar-refractivity contribution in [2.75, 3.05) is 31.1 Å². The minimum atomic E-state index is 0.0275. The summed E-state index contributed by atoms with van der Waals surface area (Å²) in [5.74, 6) is 1.95. The van der Waals surface area contributed by atoms with E-state index in [-0.39, 0.29) is 5.60 Å². The number of benzene rings is 1. The number of aliphatic imine (C=N–C) groups is 1. The predicted octanol–water partition coefficient (Wildman–Crippen LogP) is 3.17. The van der Waals surface area contributed by atoms with Crippen molar-refractivity contribution in [3.63, 3.8) is 0 Å². The first-order valence-corrected chi connectivity index (χ1v) is 10.4. The molecule has 0 N–H and O–H groups in total. The van der Waals surface area contributed by atoms with Gasteiger partial charge in [-0.3, -0.25) is 4.90 Å². The molecule has 1 aromatic carbocycles. The molecule has 1 saturated carbocycles. The standard InChI is InChI=1S/C22H25N5O/c1-22(6-7-22)28-16-4-5-18-17(11-16)21(25-18)19-12-20(24-14-23-19)27-10-9-26-8-2-3-15(26)13-27/h4-5,11-12,14-15H,2-3,6-10,13H2,1H3. The maximum absolute atomic E-state index is 6.13. The summed E-state index contributed by atoms with van der Waals surface area (Å²) in [6.45, 7) is 6.66. The monoisotopic (exact) mass is 375 g/mol. The number of piperazine rings is 1. The normalized spacial score (nSPS) is 24.8. The minimum absolute atomic E-state index is 0.0275. The van der Waals surface area contributed by atoms with Crippen LogP contribution >= 0.6 is 0 Å². The molecule has 3 fully saturated rings. The quantitative estimate of drug-likeness (QED) is 0.701. The molecule has 1 atom stereocenters. The van der Waals surface area contributed by atoms with Crippen molar-refractivity contribution in [2.45, 2.75) is 44.2 Å². The summed E-state index contributed by atoms with van der Waals surface area (Å²) in [7, 11) is 0. The number of fused-ring (bicyclic) bond motifs is 2. The second-order valence-electron chi connectivity index (χ2n) is 8.73. The Balaban J connectivity index is 1.24. The van der Waals surface area contributed by atoms with Gasteiger partial charge in [-0.1, -0.05) is 0 Å². The third kappa shape index (κ3) is 2.78. The second-order valence-corrected chi connectivity index (χ2v) is 8.73. The van der Waals surface area contributed by atoms with Gasteiger partial charge in [0.15, 0.2) is 0 Å². The summed E-state index contributed by atoms with van der Waals surface area (Å²) >= 11 is 0. The van der Waals surface area contributed by atoms with Gasteiger partial charge in [0.2, 0.25) is 0 Å². The van der Waals surface area contributed by atoms with E-state index >= 15 is 0 Å². The number of aromatic nitrogens is 2. The lowest BCUT2D eigenvalue weighted by Crippen LogP contribution is -2.50. The van der Waals surface area contributed by atoms with E-state index in [9.17, 15) is 0 Å². The number of hydrogen-bond acceptors (Lipinski definition) is 6. The first-order valence-electron chi connectivity index (χ1n) is 10.4. The Hall–Kier alpha value is -2.47. The molecule has 144 valence electrons. The molecule has 3 aliphatic heterocycles. The molecule has 6 rings (SSSR count). The predicted molar refractivity (Wildman–Crippen MR) is 109 cm³/mol. The zero-order valence-corrected chi connectivity index (χ0v) is 16.3. The van der Waals surface area contributed by atoms with Gasteiger partial charge in [0, 0.05) is 37.3 Å². The third-order valence-corrected chi connectivity index (χ3v) is 6.58. The lowest BCUT2D eigenvalue weighted by molar-refractivity contribution is 0.200. The molecule has 2 aromatic rings. The molecule has 6 heteroatoms. The Bertz CT molecular complexity index is 967. The molecule has 2 saturated heterocycles. The molecule has 0 amide bonds. The average Bonchev–Trinajstić information content (AvgIpc) is 3.23. The number of anilines is 1. The van der Waals surface area contributed by atoms with E-state index in [0.29, 0.717) is 6.04 Å². The highest BCUT2D eigenvalue weighted by Crippen LogP contribution is 2.42. The Labute approximate surface area is 165 Å². The van der Waals surface area contributed by atoms with Crippen molar-refractivity contribution in [3.05, 3.63) is 41.9 Å². The van der Waals surface area contributed by atoms with Crippen LogP contribution in [0.25, 0.3) is 0 Å².